The molecule has 0 saturated heterocycles. The first-order valence-electron chi connectivity index (χ1n) is 9.20. The van der Waals surface area contributed by atoms with Gasteiger partial charge in [-0.15, -0.1) is 0 Å². The summed E-state index contributed by atoms with van der Waals surface area (Å²) in [6.45, 7) is 0. The fraction of sp³-hybridized carbons (Fsp3) is 0.0769. The summed E-state index contributed by atoms with van der Waals surface area (Å²) < 4.78 is 6.05. The lowest BCUT2D eigenvalue weighted by Gasteiger charge is -2.22. The molecule has 4 rings (SSSR count). The quantitative estimate of drug-likeness (QED) is 0.386. The van der Waals surface area contributed by atoms with E-state index in [1.807, 2.05) is 12.1 Å². The molecule has 1 heteroatoms. The van der Waals surface area contributed by atoms with Crippen LogP contribution in [0.15, 0.2) is 109 Å². The molecule has 0 amide bonds. The number of hydrogen-bond acceptors (Lipinski definition) is 1. The highest BCUT2D eigenvalue weighted by Crippen LogP contribution is 2.38. The van der Waals surface area contributed by atoms with Crippen molar-refractivity contribution in [2.75, 3.05) is 7.11 Å². The third-order valence-electron chi connectivity index (χ3n) is 4.89. The predicted molar refractivity (Wildman–Crippen MR) is 113 cm³/mol. The van der Waals surface area contributed by atoms with Gasteiger partial charge in [-0.2, -0.15) is 0 Å². The average Bonchev–Trinajstić information content (AvgIpc) is 2.76. The van der Waals surface area contributed by atoms with Crippen molar-refractivity contribution < 1.29 is 4.74 Å². The fourth-order valence-electron chi connectivity index (χ4n) is 3.63. The van der Waals surface area contributed by atoms with Crippen LogP contribution in [0, 0.1) is 0 Å². The lowest BCUT2D eigenvalue weighted by atomic mass is 9.89. The molecular formula is C26H22O. The smallest absolute Gasteiger partial charge is 0.108 e. The van der Waals surface area contributed by atoms with Gasteiger partial charge in [0.05, 0.1) is 0 Å². The second-order valence-electron chi connectivity index (χ2n) is 6.52. The first kappa shape index (κ1) is 17.3. The number of rotatable bonds is 5. The van der Waals surface area contributed by atoms with E-state index in [-0.39, 0.29) is 6.10 Å². The molecule has 0 spiro atoms. The van der Waals surface area contributed by atoms with Crippen LogP contribution in [0.5, 0.6) is 0 Å². The van der Waals surface area contributed by atoms with Gasteiger partial charge in [0.15, 0.2) is 0 Å². The second kappa shape index (κ2) is 8.03. The van der Waals surface area contributed by atoms with Crippen LogP contribution < -0.4 is 0 Å². The summed E-state index contributed by atoms with van der Waals surface area (Å²) in [5.41, 5.74) is 7.16. The minimum absolute atomic E-state index is 0.141. The Labute approximate surface area is 160 Å². The summed E-state index contributed by atoms with van der Waals surface area (Å²) in [5, 5.41) is 0. The van der Waals surface area contributed by atoms with Gasteiger partial charge in [0.2, 0.25) is 0 Å². The van der Waals surface area contributed by atoms with E-state index in [0.717, 1.165) is 0 Å². The minimum atomic E-state index is -0.141. The monoisotopic (exact) mass is 350 g/mol. The molecule has 0 aliphatic rings. The number of ether oxygens (including phenoxy) is 1. The van der Waals surface area contributed by atoms with Crippen LogP contribution in [-0.4, -0.2) is 7.11 Å². The Bertz CT molecular complexity index is 923. The van der Waals surface area contributed by atoms with E-state index in [9.17, 15) is 0 Å². The standard InChI is InChI=1S/C26H22O/c1-27-26(24-18-10-8-16-22(24)20-12-4-2-5-13-20)25-19-11-9-17-23(25)21-14-6-3-7-15-21/h2-19,26H,1H3. The van der Waals surface area contributed by atoms with Crippen molar-refractivity contribution in [3.8, 4) is 22.3 Å². The SMILES string of the molecule is COC(c1ccccc1-c1ccccc1)c1ccccc1-c1ccccc1. The van der Waals surface area contributed by atoms with E-state index in [1.165, 1.54) is 33.4 Å². The molecule has 27 heavy (non-hydrogen) atoms. The van der Waals surface area contributed by atoms with Crippen LogP contribution in [0.25, 0.3) is 22.3 Å². The van der Waals surface area contributed by atoms with Crippen molar-refractivity contribution in [2.45, 2.75) is 6.10 Å². The second-order valence-corrected chi connectivity index (χ2v) is 6.52. The number of methoxy groups -OCH3 is 1. The summed E-state index contributed by atoms with van der Waals surface area (Å²) in [5.74, 6) is 0. The zero-order valence-corrected chi connectivity index (χ0v) is 15.4. The van der Waals surface area contributed by atoms with E-state index in [1.54, 1.807) is 7.11 Å². The van der Waals surface area contributed by atoms with Gasteiger partial charge in [-0.3, -0.25) is 0 Å². The van der Waals surface area contributed by atoms with Crippen LogP contribution in [0.2, 0.25) is 0 Å². The summed E-state index contributed by atoms with van der Waals surface area (Å²) >= 11 is 0. The highest BCUT2D eigenvalue weighted by Gasteiger charge is 2.20. The maximum absolute atomic E-state index is 6.05. The molecule has 0 aliphatic heterocycles. The lowest BCUT2D eigenvalue weighted by molar-refractivity contribution is 0.137. The van der Waals surface area contributed by atoms with Crippen LogP contribution in [0.4, 0.5) is 0 Å². The topological polar surface area (TPSA) is 9.23 Å². The van der Waals surface area contributed by atoms with Gasteiger partial charge in [-0.05, 0) is 33.4 Å². The lowest BCUT2D eigenvalue weighted by Crippen LogP contribution is -2.07. The molecule has 0 atom stereocenters. The van der Waals surface area contributed by atoms with Crippen molar-refractivity contribution in [1.82, 2.24) is 0 Å². The summed E-state index contributed by atoms with van der Waals surface area (Å²) in [4.78, 5) is 0. The molecular weight excluding hydrogens is 328 g/mol. The third-order valence-corrected chi connectivity index (χ3v) is 4.89. The summed E-state index contributed by atoms with van der Waals surface area (Å²) in [7, 11) is 1.79. The Morgan fingerprint density at radius 3 is 1.26 bits per heavy atom. The average molecular weight is 350 g/mol. The van der Waals surface area contributed by atoms with Crippen LogP contribution in [-0.2, 0) is 4.74 Å². The minimum Gasteiger partial charge on any atom is -0.372 e. The molecule has 0 bridgehead atoms. The van der Waals surface area contributed by atoms with E-state index >= 15 is 0 Å². The molecule has 0 aromatic heterocycles. The zero-order chi connectivity index (χ0) is 18.5. The zero-order valence-electron chi connectivity index (χ0n) is 15.4. The van der Waals surface area contributed by atoms with Gasteiger partial charge >= 0.3 is 0 Å². The van der Waals surface area contributed by atoms with Crippen LogP contribution >= 0.6 is 0 Å². The van der Waals surface area contributed by atoms with Crippen LogP contribution in [0.3, 0.4) is 0 Å². The van der Waals surface area contributed by atoms with Crippen molar-refractivity contribution in [3.05, 3.63) is 120 Å². The largest absolute Gasteiger partial charge is 0.372 e. The highest BCUT2D eigenvalue weighted by atomic mass is 16.5. The summed E-state index contributed by atoms with van der Waals surface area (Å²) in [6.07, 6.45) is -0.141. The Balaban J connectivity index is 1.86. The van der Waals surface area contributed by atoms with E-state index < -0.39 is 0 Å². The van der Waals surface area contributed by atoms with Gasteiger partial charge in [0, 0.05) is 7.11 Å². The molecule has 0 N–H and O–H groups in total. The fourth-order valence-corrected chi connectivity index (χ4v) is 3.63. The van der Waals surface area contributed by atoms with E-state index in [2.05, 4.69) is 97.1 Å². The Morgan fingerprint density at radius 1 is 0.481 bits per heavy atom. The molecule has 0 heterocycles. The summed E-state index contributed by atoms with van der Waals surface area (Å²) in [6, 6.07) is 38.0. The van der Waals surface area contributed by atoms with Crippen molar-refractivity contribution >= 4 is 0 Å². The Kier molecular flexibility index (Phi) is 5.13. The molecule has 0 radical (unpaired) electrons. The number of hydrogen-bond donors (Lipinski definition) is 0. The first-order valence-corrected chi connectivity index (χ1v) is 9.20. The normalized spacial score (nSPS) is 10.9. The van der Waals surface area contributed by atoms with Gasteiger partial charge in [-0.1, -0.05) is 109 Å². The van der Waals surface area contributed by atoms with Crippen molar-refractivity contribution in [1.29, 1.82) is 0 Å². The van der Waals surface area contributed by atoms with E-state index in [0.29, 0.717) is 0 Å². The predicted octanol–water partition coefficient (Wildman–Crippen LogP) is 6.76. The number of benzene rings is 4. The van der Waals surface area contributed by atoms with E-state index in [4.69, 9.17) is 4.74 Å². The Morgan fingerprint density at radius 2 is 0.852 bits per heavy atom. The third kappa shape index (κ3) is 3.55. The maximum Gasteiger partial charge on any atom is 0.108 e. The molecule has 0 aliphatic carbocycles. The first-order chi connectivity index (χ1) is 13.4. The van der Waals surface area contributed by atoms with Crippen molar-refractivity contribution in [3.63, 3.8) is 0 Å². The van der Waals surface area contributed by atoms with Gasteiger partial charge in [0.1, 0.15) is 6.10 Å². The molecule has 4 aromatic carbocycles. The van der Waals surface area contributed by atoms with Crippen molar-refractivity contribution in [2.24, 2.45) is 0 Å². The molecule has 4 aromatic rings. The molecule has 0 unspecified atom stereocenters. The molecule has 1 nitrogen and oxygen atoms in total. The van der Waals surface area contributed by atoms with Crippen LogP contribution in [0.1, 0.15) is 17.2 Å². The molecule has 132 valence electrons. The Hall–Kier alpha value is -3.16. The highest BCUT2D eigenvalue weighted by molar-refractivity contribution is 5.72. The van der Waals surface area contributed by atoms with Gasteiger partial charge in [-0.25, -0.2) is 0 Å². The maximum atomic E-state index is 6.05. The molecule has 0 saturated carbocycles. The van der Waals surface area contributed by atoms with Gasteiger partial charge < -0.3 is 4.74 Å². The van der Waals surface area contributed by atoms with Gasteiger partial charge in [0.25, 0.3) is 0 Å². The molecule has 0 fully saturated rings.